The lowest BCUT2D eigenvalue weighted by Crippen LogP contribution is -2.21. The highest BCUT2D eigenvalue weighted by Gasteiger charge is 2.14. The molecule has 0 heterocycles. The molecule has 0 saturated carbocycles. The van der Waals surface area contributed by atoms with Gasteiger partial charge >= 0.3 is 0 Å². The number of carbonyl (C=O) groups is 2. The summed E-state index contributed by atoms with van der Waals surface area (Å²) >= 11 is 0. The quantitative estimate of drug-likeness (QED) is 0.465. The molecule has 3 aromatic rings. The van der Waals surface area contributed by atoms with Crippen molar-refractivity contribution >= 4 is 34.0 Å². The highest BCUT2D eigenvalue weighted by atomic mass is 19.1. The Morgan fingerprint density at radius 1 is 1.04 bits per heavy atom. The number of amides is 2. The van der Waals surface area contributed by atoms with Gasteiger partial charge in [-0.1, -0.05) is 42.5 Å². The minimum atomic E-state index is -0.600. The van der Waals surface area contributed by atoms with Crippen molar-refractivity contribution in [1.82, 2.24) is 5.43 Å². The van der Waals surface area contributed by atoms with Crippen LogP contribution >= 0.6 is 0 Å². The standard InChI is InChI=1S/C21H18FN3O3/c1-13(12-19(26)23-18-9-5-4-8-17(18)22)24-25-21(28)16-11-10-14-6-2-3-7-15(14)20(16)27/h2-11,27H,12H2,1H3,(H,23,26)(H,25,28). The summed E-state index contributed by atoms with van der Waals surface area (Å²) in [6.07, 6.45) is -0.127. The molecular formula is C21H18FN3O3. The summed E-state index contributed by atoms with van der Waals surface area (Å²) in [5.74, 6) is -1.74. The summed E-state index contributed by atoms with van der Waals surface area (Å²) in [5.41, 5.74) is 2.79. The SMILES string of the molecule is CC(CC(=O)Nc1ccccc1F)=NNC(=O)c1ccc2ccccc2c1O. The van der Waals surface area contributed by atoms with Gasteiger partial charge in [0.05, 0.1) is 17.7 Å². The van der Waals surface area contributed by atoms with Gasteiger partial charge in [-0.2, -0.15) is 5.10 Å². The molecule has 0 unspecified atom stereocenters. The van der Waals surface area contributed by atoms with Crippen molar-refractivity contribution in [1.29, 1.82) is 0 Å². The molecule has 3 rings (SSSR count). The lowest BCUT2D eigenvalue weighted by atomic mass is 10.1. The Balaban J connectivity index is 1.64. The van der Waals surface area contributed by atoms with Crippen molar-refractivity contribution in [3.05, 3.63) is 72.0 Å². The molecule has 0 spiro atoms. The summed E-state index contributed by atoms with van der Waals surface area (Å²) in [6, 6.07) is 16.2. The van der Waals surface area contributed by atoms with Gasteiger partial charge in [0.2, 0.25) is 5.91 Å². The number of nitrogens with one attached hydrogen (secondary N) is 2. The lowest BCUT2D eigenvalue weighted by molar-refractivity contribution is -0.115. The first kappa shape index (κ1) is 19.0. The molecule has 7 heteroatoms. The molecule has 0 bridgehead atoms. The summed E-state index contributed by atoms with van der Waals surface area (Å²) in [7, 11) is 0. The van der Waals surface area contributed by atoms with Crippen LogP contribution in [-0.4, -0.2) is 22.6 Å². The van der Waals surface area contributed by atoms with E-state index in [0.717, 1.165) is 5.39 Å². The van der Waals surface area contributed by atoms with E-state index in [1.165, 1.54) is 24.3 Å². The number of aromatic hydroxyl groups is 1. The minimum Gasteiger partial charge on any atom is -0.506 e. The van der Waals surface area contributed by atoms with E-state index in [0.29, 0.717) is 11.1 Å². The fourth-order valence-electron chi connectivity index (χ4n) is 2.67. The van der Waals surface area contributed by atoms with E-state index in [-0.39, 0.29) is 23.4 Å². The maximum absolute atomic E-state index is 13.6. The Bertz CT molecular complexity index is 1080. The molecule has 0 radical (unpaired) electrons. The van der Waals surface area contributed by atoms with Crippen molar-refractivity contribution in [2.24, 2.45) is 5.10 Å². The van der Waals surface area contributed by atoms with Gasteiger partial charge in [-0.3, -0.25) is 9.59 Å². The zero-order valence-electron chi connectivity index (χ0n) is 15.1. The van der Waals surface area contributed by atoms with E-state index in [1.54, 1.807) is 31.2 Å². The van der Waals surface area contributed by atoms with Gasteiger partial charge in [-0.15, -0.1) is 0 Å². The summed E-state index contributed by atoms with van der Waals surface area (Å²) in [5, 5.41) is 18.0. The van der Waals surface area contributed by atoms with Crippen LogP contribution in [0.5, 0.6) is 5.75 Å². The Hall–Kier alpha value is -3.74. The average molecular weight is 379 g/mol. The Morgan fingerprint density at radius 3 is 2.54 bits per heavy atom. The van der Waals surface area contributed by atoms with Crippen molar-refractivity contribution in [3.63, 3.8) is 0 Å². The van der Waals surface area contributed by atoms with E-state index < -0.39 is 17.6 Å². The van der Waals surface area contributed by atoms with E-state index in [4.69, 9.17) is 0 Å². The second-order valence-corrected chi connectivity index (χ2v) is 6.18. The second kappa shape index (κ2) is 8.30. The highest BCUT2D eigenvalue weighted by Crippen LogP contribution is 2.28. The van der Waals surface area contributed by atoms with E-state index >= 15 is 0 Å². The number of nitrogens with zero attached hydrogens (tertiary/aromatic N) is 1. The summed E-state index contributed by atoms with van der Waals surface area (Å²) in [6.45, 7) is 1.56. The molecule has 0 fully saturated rings. The molecule has 3 aromatic carbocycles. The number of rotatable bonds is 5. The van der Waals surface area contributed by atoms with Crippen LogP contribution in [0.25, 0.3) is 10.8 Å². The Morgan fingerprint density at radius 2 is 1.75 bits per heavy atom. The fraction of sp³-hybridized carbons (Fsp3) is 0.0952. The van der Waals surface area contributed by atoms with E-state index in [1.807, 2.05) is 12.1 Å². The van der Waals surface area contributed by atoms with Gasteiger partial charge in [0.1, 0.15) is 11.6 Å². The number of benzene rings is 3. The largest absolute Gasteiger partial charge is 0.506 e. The van der Waals surface area contributed by atoms with Crippen LogP contribution in [0.3, 0.4) is 0 Å². The van der Waals surface area contributed by atoms with Crippen LogP contribution < -0.4 is 10.7 Å². The van der Waals surface area contributed by atoms with Crippen LogP contribution in [0.2, 0.25) is 0 Å². The van der Waals surface area contributed by atoms with Crippen LogP contribution in [0.15, 0.2) is 65.8 Å². The normalized spacial score (nSPS) is 11.3. The number of hydrogen-bond acceptors (Lipinski definition) is 4. The molecular weight excluding hydrogens is 361 g/mol. The van der Waals surface area contributed by atoms with Crippen LogP contribution in [-0.2, 0) is 4.79 Å². The first-order valence-electron chi connectivity index (χ1n) is 8.54. The molecule has 0 aliphatic carbocycles. The van der Waals surface area contributed by atoms with Crippen molar-refractivity contribution in [2.75, 3.05) is 5.32 Å². The maximum atomic E-state index is 13.6. The summed E-state index contributed by atoms with van der Waals surface area (Å²) in [4.78, 5) is 24.3. The number of hydrogen-bond donors (Lipinski definition) is 3. The smallest absolute Gasteiger partial charge is 0.275 e. The molecule has 0 saturated heterocycles. The lowest BCUT2D eigenvalue weighted by Gasteiger charge is -2.08. The number of fused-ring (bicyclic) bond motifs is 1. The summed E-state index contributed by atoms with van der Waals surface area (Å²) < 4.78 is 13.6. The van der Waals surface area contributed by atoms with Gasteiger partial charge in [0.15, 0.2) is 0 Å². The molecule has 0 aromatic heterocycles. The Labute approximate surface area is 160 Å². The number of halogens is 1. The first-order valence-corrected chi connectivity index (χ1v) is 8.54. The number of phenols is 1. The molecule has 142 valence electrons. The first-order chi connectivity index (χ1) is 13.5. The molecule has 28 heavy (non-hydrogen) atoms. The molecule has 2 amide bonds. The van der Waals surface area contributed by atoms with E-state index in [2.05, 4.69) is 15.8 Å². The van der Waals surface area contributed by atoms with Gasteiger partial charge in [-0.05, 0) is 30.5 Å². The van der Waals surface area contributed by atoms with Crippen molar-refractivity contribution < 1.29 is 19.1 Å². The van der Waals surface area contributed by atoms with Gasteiger partial charge in [-0.25, -0.2) is 9.82 Å². The van der Waals surface area contributed by atoms with Crippen molar-refractivity contribution in [3.8, 4) is 5.75 Å². The molecule has 0 aliphatic heterocycles. The minimum absolute atomic E-state index is 0.0745. The molecule has 0 atom stereocenters. The molecule has 3 N–H and O–H groups in total. The predicted octanol–water partition coefficient (Wildman–Crippen LogP) is 3.82. The monoisotopic (exact) mass is 379 g/mol. The average Bonchev–Trinajstić information content (AvgIpc) is 2.68. The maximum Gasteiger partial charge on any atom is 0.275 e. The zero-order chi connectivity index (χ0) is 20.1. The number of phenolic OH excluding ortho intramolecular Hbond substituents is 1. The molecule has 0 aliphatic rings. The third-order valence-corrected chi connectivity index (χ3v) is 4.06. The number of carbonyl (C=O) groups excluding carboxylic acids is 2. The molecule has 6 nitrogen and oxygen atoms in total. The topological polar surface area (TPSA) is 90.8 Å². The predicted molar refractivity (Wildman–Crippen MR) is 106 cm³/mol. The van der Waals surface area contributed by atoms with Gasteiger partial charge < -0.3 is 10.4 Å². The van der Waals surface area contributed by atoms with Gasteiger partial charge in [0.25, 0.3) is 5.91 Å². The van der Waals surface area contributed by atoms with Crippen LogP contribution in [0.4, 0.5) is 10.1 Å². The van der Waals surface area contributed by atoms with Crippen molar-refractivity contribution in [2.45, 2.75) is 13.3 Å². The zero-order valence-corrected chi connectivity index (χ0v) is 15.1. The second-order valence-electron chi connectivity index (χ2n) is 6.18. The van der Waals surface area contributed by atoms with Crippen LogP contribution in [0.1, 0.15) is 23.7 Å². The fourth-order valence-corrected chi connectivity index (χ4v) is 2.67. The van der Waals surface area contributed by atoms with E-state index in [9.17, 15) is 19.1 Å². The number of anilines is 1. The number of hydrazone groups is 1. The Kier molecular flexibility index (Phi) is 5.64. The third-order valence-electron chi connectivity index (χ3n) is 4.06. The van der Waals surface area contributed by atoms with Gasteiger partial charge in [0, 0.05) is 11.1 Å². The third kappa shape index (κ3) is 4.32. The highest BCUT2D eigenvalue weighted by molar-refractivity contribution is 6.07. The number of para-hydroxylation sites is 1. The van der Waals surface area contributed by atoms with Crippen LogP contribution in [0, 0.1) is 5.82 Å².